The Hall–Kier alpha value is -1.91. The van der Waals surface area contributed by atoms with E-state index in [2.05, 4.69) is 4.98 Å². The predicted molar refractivity (Wildman–Crippen MR) is 84.0 cm³/mol. The Bertz CT molecular complexity index is 505. The molecule has 0 saturated heterocycles. The first-order valence-corrected chi connectivity index (χ1v) is 7.54. The van der Waals surface area contributed by atoms with Gasteiger partial charge in [0.05, 0.1) is 35.7 Å². The van der Waals surface area contributed by atoms with Gasteiger partial charge in [-0.3, -0.25) is 4.98 Å². The Balaban J connectivity index is 2.98. The number of rotatable bonds is 6. The smallest absolute Gasteiger partial charge is 0.340 e. The summed E-state index contributed by atoms with van der Waals surface area (Å²) >= 11 is 0. The van der Waals surface area contributed by atoms with Gasteiger partial charge < -0.3 is 9.47 Å². The molecule has 5 heteroatoms. The lowest BCUT2D eigenvalue weighted by atomic mass is 10.1. The Morgan fingerprint density at radius 3 is 1.59 bits per heavy atom. The molecule has 1 aromatic heterocycles. The van der Waals surface area contributed by atoms with Crippen molar-refractivity contribution in [2.24, 2.45) is 11.8 Å². The zero-order valence-electron chi connectivity index (χ0n) is 14.2. The Morgan fingerprint density at radius 2 is 1.27 bits per heavy atom. The van der Waals surface area contributed by atoms with Gasteiger partial charge in [0.15, 0.2) is 0 Å². The highest BCUT2D eigenvalue weighted by molar-refractivity contribution is 5.96. The van der Waals surface area contributed by atoms with Gasteiger partial charge in [0, 0.05) is 0 Å². The number of hydrogen-bond acceptors (Lipinski definition) is 5. The molecule has 0 N–H and O–H groups in total. The van der Waals surface area contributed by atoms with Crippen LogP contribution in [0.3, 0.4) is 0 Å². The van der Waals surface area contributed by atoms with Crippen molar-refractivity contribution in [3.8, 4) is 0 Å². The highest BCUT2D eigenvalue weighted by atomic mass is 16.5. The molecule has 0 spiro atoms. The summed E-state index contributed by atoms with van der Waals surface area (Å²) in [5.41, 5.74) is 1.71. The molecule has 0 aromatic carbocycles. The fourth-order valence-corrected chi connectivity index (χ4v) is 1.78. The Kier molecular flexibility index (Phi) is 6.53. The molecule has 0 amide bonds. The number of carbonyl (C=O) groups is 2. The minimum Gasteiger partial charge on any atom is -0.462 e. The van der Waals surface area contributed by atoms with Crippen molar-refractivity contribution in [3.05, 3.63) is 28.6 Å². The predicted octanol–water partition coefficient (Wildman–Crippen LogP) is 3.32. The summed E-state index contributed by atoms with van der Waals surface area (Å²) in [6.45, 7) is 12.0. The summed E-state index contributed by atoms with van der Waals surface area (Å²) in [5, 5.41) is 0. The van der Waals surface area contributed by atoms with Crippen LogP contribution in [0, 0.1) is 25.7 Å². The van der Waals surface area contributed by atoms with Gasteiger partial charge in [0.25, 0.3) is 0 Å². The normalized spacial score (nSPS) is 10.9. The number of ether oxygens (including phenoxy) is 2. The van der Waals surface area contributed by atoms with Crippen LogP contribution in [-0.4, -0.2) is 30.1 Å². The van der Waals surface area contributed by atoms with E-state index >= 15 is 0 Å². The van der Waals surface area contributed by atoms with Gasteiger partial charge in [-0.2, -0.15) is 0 Å². The molecular formula is C17H25NO4. The molecule has 0 bridgehead atoms. The number of aryl methyl sites for hydroxylation is 2. The molecular weight excluding hydrogens is 282 g/mol. The summed E-state index contributed by atoms with van der Waals surface area (Å²) < 4.78 is 10.4. The van der Waals surface area contributed by atoms with Crippen molar-refractivity contribution in [1.29, 1.82) is 0 Å². The maximum absolute atomic E-state index is 12.1. The highest BCUT2D eigenvalue weighted by Gasteiger charge is 2.19. The summed E-state index contributed by atoms with van der Waals surface area (Å²) in [5.74, 6) is -0.426. The van der Waals surface area contributed by atoms with Crippen molar-refractivity contribution in [3.63, 3.8) is 0 Å². The molecule has 1 rings (SSSR count). The molecule has 122 valence electrons. The van der Waals surface area contributed by atoms with Gasteiger partial charge >= 0.3 is 11.9 Å². The van der Waals surface area contributed by atoms with Crippen LogP contribution in [0.2, 0.25) is 0 Å². The van der Waals surface area contributed by atoms with Crippen LogP contribution >= 0.6 is 0 Å². The largest absolute Gasteiger partial charge is 0.462 e. The molecule has 1 aromatic rings. The van der Waals surface area contributed by atoms with Crippen molar-refractivity contribution in [2.45, 2.75) is 41.5 Å². The van der Waals surface area contributed by atoms with Gasteiger partial charge in [0.2, 0.25) is 0 Å². The maximum atomic E-state index is 12.1. The topological polar surface area (TPSA) is 65.5 Å². The molecule has 1 heterocycles. The summed E-state index contributed by atoms with van der Waals surface area (Å²) in [7, 11) is 0. The first-order chi connectivity index (χ1) is 10.2. The number of nitrogens with zero attached hydrogens (tertiary/aromatic N) is 1. The standard InChI is InChI=1S/C17H25NO4/c1-10(2)8-21-16(19)14-7-15(13(6)18-12(14)5)17(20)22-9-11(3)4/h7,10-11H,8-9H2,1-6H3. The van der Waals surface area contributed by atoms with E-state index in [1.807, 2.05) is 27.7 Å². The molecule has 0 atom stereocenters. The number of pyridine rings is 1. The van der Waals surface area contributed by atoms with Crippen molar-refractivity contribution >= 4 is 11.9 Å². The molecule has 0 unspecified atom stereocenters. The van der Waals surface area contributed by atoms with Crippen molar-refractivity contribution in [1.82, 2.24) is 4.98 Å². The molecule has 0 saturated carbocycles. The second-order valence-corrected chi connectivity index (χ2v) is 6.24. The van der Waals surface area contributed by atoms with E-state index in [-0.39, 0.29) is 11.8 Å². The Labute approximate surface area is 132 Å². The van der Waals surface area contributed by atoms with Crippen LogP contribution in [0.4, 0.5) is 0 Å². The third-order valence-corrected chi connectivity index (χ3v) is 2.94. The van der Waals surface area contributed by atoms with E-state index in [1.54, 1.807) is 13.8 Å². The van der Waals surface area contributed by atoms with Crippen LogP contribution in [-0.2, 0) is 9.47 Å². The first-order valence-electron chi connectivity index (χ1n) is 7.54. The van der Waals surface area contributed by atoms with Gasteiger partial charge in [0.1, 0.15) is 0 Å². The fraction of sp³-hybridized carbons (Fsp3) is 0.588. The van der Waals surface area contributed by atoms with Crippen LogP contribution < -0.4 is 0 Å². The van der Waals surface area contributed by atoms with Crippen LogP contribution in [0.25, 0.3) is 0 Å². The van der Waals surface area contributed by atoms with E-state index in [1.165, 1.54) is 6.07 Å². The number of carbonyl (C=O) groups excluding carboxylic acids is 2. The molecule has 0 radical (unpaired) electrons. The number of esters is 2. The highest BCUT2D eigenvalue weighted by Crippen LogP contribution is 2.16. The van der Waals surface area contributed by atoms with E-state index in [0.717, 1.165) is 0 Å². The lowest BCUT2D eigenvalue weighted by Gasteiger charge is -2.12. The lowest BCUT2D eigenvalue weighted by Crippen LogP contribution is -2.17. The zero-order chi connectivity index (χ0) is 16.9. The monoisotopic (exact) mass is 307 g/mol. The zero-order valence-corrected chi connectivity index (χ0v) is 14.2. The van der Waals surface area contributed by atoms with Gasteiger partial charge in [-0.05, 0) is 31.7 Å². The van der Waals surface area contributed by atoms with E-state index in [9.17, 15) is 9.59 Å². The fourth-order valence-electron chi connectivity index (χ4n) is 1.78. The third kappa shape index (κ3) is 5.13. The first kappa shape index (κ1) is 18.1. The molecule has 0 aliphatic rings. The van der Waals surface area contributed by atoms with E-state index in [0.29, 0.717) is 35.7 Å². The van der Waals surface area contributed by atoms with Crippen LogP contribution in [0.5, 0.6) is 0 Å². The summed E-state index contributed by atoms with van der Waals surface area (Å²) in [6.07, 6.45) is 0. The maximum Gasteiger partial charge on any atom is 0.340 e. The van der Waals surface area contributed by atoms with Crippen LogP contribution in [0.1, 0.15) is 59.8 Å². The second-order valence-electron chi connectivity index (χ2n) is 6.24. The minimum absolute atomic E-state index is 0.248. The molecule has 5 nitrogen and oxygen atoms in total. The van der Waals surface area contributed by atoms with Crippen LogP contribution in [0.15, 0.2) is 6.07 Å². The summed E-state index contributed by atoms with van der Waals surface area (Å²) in [6, 6.07) is 1.52. The van der Waals surface area contributed by atoms with Gasteiger partial charge in [-0.25, -0.2) is 9.59 Å². The number of hydrogen-bond donors (Lipinski definition) is 0. The molecule has 22 heavy (non-hydrogen) atoms. The van der Waals surface area contributed by atoms with Gasteiger partial charge in [-0.15, -0.1) is 0 Å². The quantitative estimate of drug-likeness (QED) is 0.754. The van der Waals surface area contributed by atoms with Crippen molar-refractivity contribution in [2.75, 3.05) is 13.2 Å². The summed E-state index contributed by atoms with van der Waals surface area (Å²) in [4.78, 5) is 28.5. The SMILES string of the molecule is Cc1nc(C)c(C(=O)OCC(C)C)cc1C(=O)OCC(C)C. The lowest BCUT2D eigenvalue weighted by molar-refractivity contribution is 0.0454. The minimum atomic E-state index is -0.461. The Morgan fingerprint density at radius 1 is 0.909 bits per heavy atom. The molecule has 0 fully saturated rings. The average molecular weight is 307 g/mol. The average Bonchev–Trinajstić information content (AvgIpc) is 2.42. The number of aromatic nitrogens is 1. The van der Waals surface area contributed by atoms with Crippen molar-refractivity contribution < 1.29 is 19.1 Å². The van der Waals surface area contributed by atoms with Gasteiger partial charge in [-0.1, -0.05) is 27.7 Å². The third-order valence-electron chi connectivity index (χ3n) is 2.94. The van der Waals surface area contributed by atoms with E-state index < -0.39 is 11.9 Å². The molecule has 0 aliphatic carbocycles. The molecule has 0 aliphatic heterocycles. The van der Waals surface area contributed by atoms with E-state index in [4.69, 9.17) is 9.47 Å². The second kappa shape index (κ2) is 7.92.